The Balaban J connectivity index is 1.61. The number of hydrogen-bond acceptors (Lipinski definition) is 8. The Kier molecular flexibility index (Phi) is 6.40. The molecule has 3 aromatic rings. The van der Waals surface area contributed by atoms with Crippen LogP contribution in [0.1, 0.15) is 26.3 Å². The largest absolute Gasteiger partial charge is 0.496 e. The van der Waals surface area contributed by atoms with E-state index < -0.39 is 5.97 Å². The molecule has 0 saturated heterocycles. The van der Waals surface area contributed by atoms with Gasteiger partial charge < -0.3 is 28.4 Å². The summed E-state index contributed by atoms with van der Waals surface area (Å²) >= 11 is 0. The molecule has 8 heteroatoms. The first-order chi connectivity index (χ1) is 16.5. The van der Waals surface area contributed by atoms with Gasteiger partial charge in [-0.25, -0.2) is 4.79 Å². The third-order valence-corrected chi connectivity index (χ3v) is 5.20. The molecule has 8 nitrogen and oxygen atoms in total. The Morgan fingerprint density at radius 3 is 2.12 bits per heavy atom. The van der Waals surface area contributed by atoms with E-state index in [-0.39, 0.29) is 28.6 Å². The highest BCUT2D eigenvalue weighted by Gasteiger charge is 2.29. The zero-order chi connectivity index (χ0) is 24.2. The summed E-state index contributed by atoms with van der Waals surface area (Å²) in [5.41, 5.74) is 1.12. The lowest BCUT2D eigenvalue weighted by Crippen LogP contribution is -2.12. The molecule has 0 bridgehead atoms. The molecular formula is C26H22O8. The monoisotopic (exact) mass is 462 g/mol. The number of rotatable bonds is 7. The first-order valence-corrected chi connectivity index (χ1v) is 10.2. The molecule has 0 N–H and O–H groups in total. The van der Waals surface area contributed by atoms with Crippen LogP contribution >= 0.6 is 0 Å². The van der Waals surface area contributed by atoms with E-state index in [0.717, 1.165) is 0 Å². The van der Waals surface area contributed by atoms with Crippen LogP contribution in [-0.4, -0.2) is 40.2 Å². The molecule has 1 aliphatic rings. The van der Waals surface area contributed by atoms with Crippen LogP contribution in [0.15, 0.2) is 60.4 Å². The van der Waals surface area contributed by atoms with Gasteiger partial charge in [-0.2, -0.15) is 0 Å². The van der Waals surface area contributed by atoms with Crippen molar-refractivity contribution in [2.45, 2.75) is 0 Å². The molecule has 0 aliphatic carbocycles. The zero-order valence-corrected chi connectivity index (χ0v) is 19.0. The van der Waals surface area contributed by atoms with Crippen LogP contribution in [0.3, 0.4) is 0 Å². The minimum atomic E-state index is -0.671. The average Bonchev–Trinajstić information content (AvgIpc) is 3.17. The number of ether oxygens (including phenoxy) is 6. The van der Waals surface area contributed by atoms with Crippen LogP contribution in [0.5, 0.6) is 34.5 Å². The fraction of sp³-hybridized carbons (Fsp3) is 0.154. The van der Waals surface area contributed by atoms with Crippen molar-refractivity contribution in [2.75, 3.05) is 28.4 Å². The number of para-hydroxylation sites is 1. The van der Waals surface area contributed by atoms with Gasteiger partial charge in [-0.3, -0.25) is 4.79 Å². The summed E-state index contributed by atoms with van der Waals surface area (Å²) in [5, 5.41) is 0. The average molecular weight is 462 g/mol. The second-order valence-electron chi connectivity index (χ2n) is 7.11. The number of hydrogen-bond donors (Lipinski definition) is 0. The van der Waals surface area contributed by atoms with Gasteiger partial charge in [0.2, 0.25) is 5.78 Å². The van der Waals surface area contributed by atoms with Gasteiger partial charge in [0.25, 0.3) is 0 Å². The number of ketones is 1. The maximum absolute atomic E-state index is 12.9. The first kappa shape index (κ1) is 22.7. The Bertz CT molecular complexity index is 1270. The van der Waals surface area contributed by atoms with E-state index in [1.807, 2.05) is 0 Å². The molecule has 0 atom stereocenters. The van der Waals surface area contributed by atoms with Gasteiger partial charge in [0.1, 0.15) is 28.6 Å². The van der Waals surface area contributed by atoms with E-state index >= 15 is 0 Å². The van der Waals surface area contributed by atoms with Crippen LogP contribution in [0.4, 0.5) is 0 Å². The lowest BCUT2D eigenvalue weighted by atomic mass is 10.1. The molecule has 0 aromatic heterocycles. The van der Waals surface area contributed by atoms with Gasteiger partial charge >= 0.3 is 5.97 Å². The molecule has 0 spiro atoms. The van der Waals surface area contributed by atoms with Crippen LogP contribution in [0.2, 0.25) is 0 Å². The topological polar surface area (TPSA) is 89.5 Å². The van der Waals surface area contributed by atoms with Crippen molar-refractivity contribution >= 4 is 17.8 Å². The summed E-state index contributed by atoms with van der Waals surface area (Å²) in [7, 11) is 5.95. The summed E-state index contributed by atoms with van der Waals surface area (Å²) in [5.74, 6) is 1.24. The van der Waals surface area contributed by atoms with E-state index in [1.165, 1.54) is 40.6 Å². The molecule has 3 aromatic carbocycles. The standard InChI is InChI=1S/C26H22O8/c1-29-18-8-6-9-19(30-2)23(18)26(28)33-16-11-12-17-21(14-16)34-22(24(17)27)13-15-7-5-10-20(31-3)25(15)32-4/h5-14H,1-4H3/b22-13-. The number of carbonyl (C=O) groups excluding carboxylic acids is 2. The van der Waals surface area contributed by atoms with Gasteiger partial charge in [-0.1, -0.05) is 18.2 Å². The van der Waals surface area contributed by atoms with Crippen LogP contribution in [0, 0.1) is 0 Å². The summed E-state index contributed by atoms with van der Waals surface area (Å²) in [6, 6.07) is 14.8. The minimum absolute atomic E-state index is 0.108. The van der Waals surface area contributed by atoms with Gasteiger partial charge in [0.15, 0.2) is 17.3 Å². The molecule has 1 aliphatic heterocycles. The first-order valence-electron chi connectivity index (χ1n) is 10.2. The molecule has 0 fully saturated rings. The highest BCUT2D eigenvalue weighted by molar-refractivity contribution is 6.14. The third-order valence-electron chi connectivity index (χ3n) is 5.20. The van der Waals surface area contributed by atoms with Crippen molar-refractivity contribution in [1.82, 2.24) is 0 Å². The number of benzene rings is 3. The normalized spacial score (nSPS) is 13.2. The lowest BCUT2D eigenvalue weighted by Gasteiger charge is -2.12. The fourth-order valence-electron chi connectivity index (χ4n) is 3.61. The van der Waals surface area contributed by atoms with Gasteiger partial charge in [0.05, 0.1) is 34.0 Å². The maximum Gasteiger partial charge on any atom is 0.351 e. The molecule has 0 unspecified atom stereocenters. The predicted molar refractivity (Wildman–Crippen MR) is 123 cm³/mol. The highest BCUT2D eigenvalue weighted by atomic mass is 16.5. The Hall–Kier alpha value is -4.46. The summed E-state index contributed by atoms with van der Waals surface area (Å²) in [6.45, 7) is 0. The van der Waals surface area contributed by atoms with E-state index in [1.54, 1.807) is 48.5 Å². The number of esters is 1. The molecular weight excluding hydrogens is 440 g/mol. The number of methoxy groups -OCH3 is 4. The second-order valence-corrected chi connectivity index (χ2v) is 7.11. The quantitative estimate of drug-likeness (QED) is 0.287. The van der Waals surface area contributed by atoms with Crippen LogP contribution in [-0.2, 0) is 0 Å². The maximum atomic E-state index is 12.9. The molecule has 34 heavy (non-hydrogen) atoms. The summed E-state index contributed by atoms with van der Waals surface area (Å²) in [6.07, 6.45) is 1.58. The van der Waals surface area contributed by atoms with E-state index in [4.69, 9.17) is 28.4 Å². The molecule has 0 amide bonds. The van der Waals surface area contributed by atoms with E-state index in [2.05, 4.69) is 0 Å². The molecule has 1 heterocycles. The van der Waals surface area contributed by atoms with E-state index in [0.29, 0.717) is 34.1 Å². The fourth-order valence-corrected chi connectivity index (χ4v) is 3.61. The molecule has 0 radical (unpaired) electrons. The Morgan fingerprint density at radius 1 is 0.824 bits per heavy atom. The lowest BCUT2D eigenvalue weighted by molar-refractivity contribution is 0.0727. The van der Waals surface area contributed by atoms with Gasteiger partial charge in [-0.05, 0) is 36.4 Å². The molecule has 4 rings (SSSR count). The van der Waals surface area contributed by atoms with Crippen molar-refractivity contribution < 1.29 is 38.0 Å². The Morgan fingerprint density at radius 2 is 1.47 bits per heavy atom. The zero-order valence-electron chi connectivity index (χ0n) is 19.0. The van der Waals surface area contributed by atoms with Crippen LogP contribution < -0.4 is 28.4 Å². The Labute approximate surface area is 196 Å². The number of allylic oxidation sites excluding steroid dienone is 1. The predicted octanol–water partition coefficient (Wildman–Crippen LogP) is 4.56. The number of Topliss-reactive ketones (excluding diaryl/α,β-unsaturated/α-hetero) is 1. The van der Waals surface area contributed by atoms with Gasteiger partial charge in [0, 0.05) is 11.6 Å². The van der Waals surface area contributed by atoms with Crippen LogP contribution in [0.25, 0.3) is 6.08 Å². The molecule has 0 saturated carbocycles. The van der Waals surface area contributed by atoms with Crippen molar-refractivity contribution in [3.8, 4) is 34.5 Å². The minimum Gasteiger partial charge on any atom is -0.496 e. The second kappa shape index (κ2) is 9.58. The summed E-state index contributed by atoms with van der Waals surface area (Å²) in [4.78, 5) is 25.7. The third kappa shape index (κ3) is 4.13. The van der Waals surface area contributed by atoms with Crippen molar-refractivity contribution in [3.63, 3.8) is 0 Å². The molecule has 174 valence electrons. The highest BCUT2D eigenvalue weighted by Crippen LogP contribution is 2.38. The SMILES string of the molecule is COc1cccc(/C=C2\Oc3cc(OC(=O)c4c(OC)cccc4OC)ccc3C2=O)c1OC. The smallest absolute Gasteiger partial charge is 0.351 e. The van der Waals surface area contributed by atoms with Crippen molar-refractivity contribution in [3.05, 3.63) is 77.0 Å². The van der Waals surface area contributed by atoms with Crippen molar-refractivity contribution in [2.24, 2.45) is 0 Å². The summed E-state index contributed by atoms with van der Waals surface area (Å²) < 4.78 is 32.6. The van der Waals surface area contributed by atoms with Crippen molar-refractivity contribution in [1.29, 1.82) is 0 Å². The van der Waals surface area contributed by atoms with Gasteiger partial charge in [-0.15, -0.1) is 0 Å². The number of carbonyl (C=O) groups is 2. The van der Waals surface area contributed by atoms with E-state index in [9.17, 15) is 9.59 Å². The number of fused-ring (bicyclic) bond motifs is 1.